The summed E-state index contributed by atoms with van der Waals surface area (Å²) in [5.74, 6) is 1.49. The van der Waals surface area contributed by atoms with Crippen LogP contribution < -0.4 is 9.47 Å². The van der Waals surface area contributed by atoms with E-state index in [1.54, 1.807) is 12.1 Å². The van der Waals surface area contributed by atoms with Crippen LogP contribution in [0.15, 0.2) is 42.5 Å². The lowest BCUT2D eigenvalue weighted by molar-refractivity contribution is -0.134. The standard InChI is InChI=1S/C24H28FN3O3/c25-21-4-2-1-3-19(21)15-28(20-6-7-20)24(29)16-27-11-9-26(10-12-27)14-18-5-8-22-23(13-18)31-17-30-22/h1-5,8,13,20H,6-7,9-12,14-17H2. The average Bonchev–Trinajstić information content (AvgIpc) is 3.51. The summed E-state index contributed by atoms with van der Waals surface area (Å²) in [5, 5.41) is 0. The Kier molecular flexibility index (Phi) is 5.78. The second-order valence-electron chi connectivity index (χ2n) is 8.58. The maximum absolute atomic E-state index is 14.1. The van der Waals surface area contributed by atoms with Crippen LogP contribution in [0.25, 0.3) is 0 Å². The monoisotopic (exact) mass is 425 g/mol. The molecule has 3 aliphatic rings. The molecule has 0 radical (unpaired) electrons. The number of benzene rings is 2. The first-order chi connectivity index (χ1) is 15.2. The zero-order valence-corrected chi connectivity index (χ0v) is 17.6. The molecule has 1 saturated heterocycles. The van der Waals surface area contributed by atoms with E-state index in [-0.39, 0.29) is 17.8 Å². The van der Waals surface area contributed by atoms with Gasteiger partial charge in [-0.2, -0.15) is 0 Å². The van der Waals surface area contributed by atoms with E-state index in [1.165, 1.54) is 11.6 Å². The van der Waals surface area contributed by atoms with Crippen LogP contribution in [0.4, 0.5) is 4.39 Å². The molecule has 0 aromatic heterocycles. The molecule has 2 aromatic rings. The highest BCUT2D eigenvalue weighted by Gasteiger charge is 2.34. The van der Waals surface area contributed by atoms with Crippen LogP contribution in [0.2, 0.25) is 0 Å². The van der Waals surface area contributed by atoms with Crippen molar-refractivity contribution < 1.29 is 18.7 Å². The van der Waals surface area contributed by atoms with E-state index < -0.39 is 0 Å². The third-order valence-electron chi connectivity index (χ3n) is 6.27. The van der Waals surface area contributed by atoms with Gasteiger partial charge < -0.3 is 14.4 Å². The van der Waals surface area contributed by atoms with Gasteiger partial charge in [0.15, 0.2) is 11.5 Å². The molecule has 31 heavy (non-hydrogen) atoms. The molecule has 0 bridgehead atoms. The first-order valence-electron chi connectivity index (χ1n) is 11.0. The predicted molar refractivity (Wildman–Crippen MR) is 114 cm³/mol. The number of amides is 1. The lowest BCUT2D eigenvalue weighted by Crippen LogP contribution is -2.50. The van der Waals surface area contributed by atoms with Crippen molar-refractivity contribution in [1.29, 1.82) is 0 Å². The van der Waals surface area contributed by atoms with E-state index in [1.807, 2.05) is 17.0 Å². The van der Waals surface area contributed by atoms with Crippen LogP contribution >= 0.6 is 0 Å². The fourth-order valence-corrected chi connectivity index (χ4v) is 4.30. The molecule has 2 fully saturated rings. The summed E-state index contributed by atoms with van der Waals surface area (Å²) < 4.78 is 24.9. The first-order valence-corrected chi connectivity index (χ1v) is 11.0. The third-order valence-corrected chi connectivity index (χ3v) is 6.27. The zero-order chi connectivity index (χ0) is 21.2. The molecule has 164 valence electrons. The van der Waals surface area contributed by atoms with Gasteiger partial charge in [0.25, 0.3) is 0 Å². The van der Waals surface area contributed by atoms with Crippen molar-refractivity contribution in [2.24, 2.45) is 0 Å². The van der Waals surface area contributed by atoms with Gasteiger partial charge in [0.05, 0.1) is 6.54 Å². The molecule has 7 heteroatoms. The second-order valence-corrected chi connectivity index (χ2v) is 8.58. The maximum atomic E-state index is 14.1. The number of piperazine rings is 1. The van der Waals surface area contributed by atoms with Crippen molar-refractivity contribution in [3.8, 4) is 11.5 Å². The van der Waals surface area contributed by atoms with Gasteiger partial charge in [-0.3, -0.25) is 14.6 Å². The molecule has 5 rings (SSSR count). The fraction of sp³-hybridized carbons (Fsp3) is 0.458. The van der Waals surface area contributed by atoms with Crippen molar-refractivity contribution >= 4 is 5.91 Å². The van der Waals surface area contributed by atoms with Gasteiger partial charge in [-0.05, 0) is 36.6 Å². The number of nitrogens with zero attached hydrogens (tertiary/aromatic N) is 3. The number of ether oxygens (including phenoxy) is 2. The Bertz CT molecular complexity index is 941. The van der Waals surface area contributed by atoms with Gasteiger partial charge in [-0.15, -0.1) is 0 Å². The lowest BCUT2D eigenvalue weighted by atomic mass is 10.1. The molecule has 2 heterocycles. The molecule has 6 nitrogen and oxygen atoms in total. The number of carbonyl (C=O) groups excluding carboxylic acids is 1. The third kappa shape index (κ3) is 4.83. The zero-order valence-electron chi connectivity index (χ0n) is 17.6. The Morgan fingerprint density at radius 3 is 2.52 bits per heavy atom. The van der Waals surface area contributed by atoms with Crippen LogP contribution in [-0.2, 0) is 17.9 Å². The lowest BCUT2D eigenvalue weighted by Gasteiger charge is -2.35. The molecule has 2 aromatic carbocycles. The quantitative estimate of drug-likeness (QED) is 0.683. The summed E-state index contributed by atoms with van der Waals surface area (Å²) in [7, 11) is 0. The van der Waals surface area contributed by atoms with E-state index in [9.17, 15) is 9.18 Å². The first kappa shape index (κ1) is 20.3. The van der Waals surface area contributed by atoms with Crippen LogP contribution in [-0.4, -0.2) is 66.2 Å². The molecule has 0 N–H and O–H groups in total. The minimum Gasteiger partial charge on any atom is -0.454 e. The van der Waals surface area contributed by atoms with E-state index in [2.05, 4.69) is 21.9 Å². The molecule has 1 aliphatic carbocycles. The fourth-order valence-electron chi connectivity index (χ4n) is 4.30. The SMILES string of the molecule is O=C(CN1CCN(Cc2ccc3c(c2)OCO3)CC1)N(Cc1ccccc1F)C1CC1. The highest BCUT2D eigenvalue weighted by atomic mass is 19.1. The normalized spacial score (nSPS) is 18.9. The average molecular weight is 426 g/mol. The van der Waals surface area contributed by atoms with Crippen molar-refractivity contribution in [3.05, 3.63) is 59.4 Å². The van der Waals surface area contributed by atoms with Crippen molar-refractivity contribution in [2.75, 3.05) is 39.5 Å². The summed E-state index contributed by atoms with van der Waals surface area (Å²) >= 11 is 0. The predicted octanol–water partition coefficient (Wildman–Crippen LogP) is 2.86. The number of fused-ring (bicyclic) bond motifs is 1. The number of rotatable bonds is 7. The van der Waals surface area contributed by atoms with Crippen LogP contribution in [0.3, 0.4) is 0 Å². The van der Waals surface area contributed by atoms with Gasteiger partial charge in [0, 0.05) is 50.9 Å². The molecule has 2 aliphatic heterocycles. The summed E-state index contributed by atoms with van der Waals surface area (Å²) in [6, 6.07) is 13.1. The topological polar surface area (TPSA) is 45.3 Å². The summed E-state index contributed by atoms with van der Waals surface area (Å²) in [6.45, 7) is 5.46. The van der Waals surface area contributed by atoms with E-state index in [0.717, 1.165) is 57.1 Å². The second kappa shape index (κ2) is 8.85. The summed E-state index contributed by atoms with van der Waals surface area (Å²) in [6.07, 6.45) is 2.03. The van der Waals surface area contributed by atoms with E-state index >= 15 is 0 Å². The number of halogens is 1. The minimum atomic E-state index is -0.238. The van der Waals surface area contributed by atoms with Crippen molar-refractivity contribution in [1.82, 2.24) is 14.7 Å². The van der Waals surface area contributed by atoms with E-state index in [4.69, 9.17) is 9.47 Å². The van der Waals surface area contributed by atoms with Crippen LogP contribution in [0, 0.1) is 5.82 Å². The van der Waals surface area contributed by atoms with Gasteiger partial charge in [0.2, 0.25) is 12.7 Å². The molecule has 1 saturated carbocycles. The van der Waals surface area contributed by atoms with Gasteiger partial charge in [-0.1, -0.05) is 24.3 Å². The van der Waals surface area contributed by atoms with E-state index in [0.29, 0.717) is 25.4 Å². The number of carbonyl (C=O) groups is 1. The van der Waals surface area contributed by atoms with Crippen molar-refractivity contribution in [2.45, 2.75) is 32.0 Å². The number of hydrogen-bond donors (Lipinski definition) is 0. The molecular weight excluding hydrogens is 397 g/mol. The molecule has 0 atom stereocenters. The largest absolute Gasteiger partial charge is 0.454 e. The van der Waals surface area contributed by atoms with Crippen LogP contribution in [0.5, 0.6) is 11.5 Å². The Morgan fingerprint density at radius 2 is 1.74 bits per heavy atom. The van der Waals surface area contributed by atoms with Crippen LogP contribution in [0.1, 0.15) is 24.0 Å². The Balaban J connectivity index is 1.13. The number of hydrogen-bond acceptors (Lipinski definition) is 5. The minimum absolute atomic E-state index is 0.106. The van der Waals surface area contributed by atoms with Gasteiger partial charge >= 0.3 is 0 Å². The Morgan fingerprint density at radius 1 is 1.00 bits per heavy atom. The summed E-state index contributed by atoms with van der Waals surface area (Å²) in [4.78, 5) is 19.5. The Labute approximate surface area is 182 Å². The maximum Gasteiger partial charge on any atom is 0.237 e. The Hall–Kier alpha value is -2.64. The van der Waals surface area contributed by atoms with Gasteiger partial charge in [0.1, 0.15) is 5.82 Å². The van der Waals surface area contributed by atoms with Gasteiger partial charge in [-0.25, -0.2) is 4.39 Å². The smallest absolute Gasteiger partial charge is 0.237 e. The molecule has 0 spiro atoms. The highest BCUT2D eigenvalue weighted by molar-refractivity contribution is 5.79. The highest BCUT2D eigenvalue weighted by Crippen LogP contribution is 2.33. The summed E-state index contributed by atoms with van der Waals surface area (Å²) in [5.41, 5.74) is 1.80. The molecular formula is C24H28FN3O3. The molecule has 0 unspecified atom stereocenters. The molecule has 1 amide bonds. The van der Waals surface area contributed by atoms with Crippen molar-refractivity contribution in [3.63, 3.8) is 0 Å².